The summed E-state index contributed by atoms with van der Waals surface area (Å²) in [5.74, 6) is 0.417. The second kappa shape index (κ2) is 5.48. The molecule has 2 rings (SSSR count). The van der Waals surface area contributed by atoms with E-state index in [-0.39, 0.29) is 5.75 Å². The first-order valence-corrected chi connectivity index (χ1v) is 6.41. The van der Waals surface area contributed by atoms with Gasteiger partial charge in [-0.1, -0.05) is 19.1 Å². The van der Waals surface area contributed by atoms with Gasteiger partial charge in [-0.15, -0.1) is 0 Å². The van der Waals surface area contributed by atoms with Crippen LogP contribution in [-0.4, -0.2) is 17.1 Å². The Labute approximate surface area is 116 Å². The summed E-state index contributed by atoms with van der Waals surface area (Å²) in [5, 5.41) is 0. The van der Waals surface area contributed by atoms with Crippen molar-refractivity contribution in [2.24, 2.45) is 0 Å². The van der Waals surface area contributed by atoms with Gasteiger partial charge in [0.05, 0.1) is 7.11 Å². The zero-order valence-electron chi connectivity index (χ0n) is 11.1. The number of methoxy groups -OCH3 is 1. The van der Waals surface area contributed by atoms with Crippen LogP contribution in [0.1, 0.15) is 18.2 Å². The minimum atomic E-state index is -0.397. The zero-order valence-corrected chi connectivity index (χ0v) is 11.9. The fourth-order valence-corrected chi connectivity index (χ4v) is 2.36. The van der Waals surface area contributed by atoms with Crippen LogP contribution in [0.25, 0.3) is 11.4 Å². The van der Waals surface area contributed by atoms with Crippen molar-refractivity contribution in [3.63, 3.8) is 0 Å². The van der Waals surface area contributed by atoms with Crippen LogP contribution in [0.2, 0.25) is 0 Å². The normalized spacial score (nSPS) is 10.5. The average molecular weight is 278 g/mol. The van der Waals surface area contributed by atoms with E-state index in [1.54, 1.807) is 12.1 Å². The summed E-state index contributed by atoms with van der Waals surface area (Å²) in [5.41, 5.74) is 2.77. The molecule has 0 saturated heterocycles. The van der Waals surface area contributed by atoms with Crippen molar-refractivity contribution in [1.29, 1.82) is 0 Å². The second-order valence-corrected chi connectivity index (χ2v) is 4.58. The predicted molar refractivity (Wildman–Crippen MR) is 75.5 cm³/mol. The summed E-state index contributed by atoms with van der Waals surface area (Å²) in [6, 6.07) is 4.61. The van der Waals surface area contributed by atoms with Crippen molar-refractivity contribution >= 4 is 12.2 Å². The molecule has 0 atom stereocenters. The number of ether oxygens (including phenoxy) is 1. The van der Waals surface area contributed by atoms with Crippen LogP contribution in [0.4, 0.5) is 4.39 Å². The summed E-state index contributed by atoms with van der Waals surface area (Å²) in [6.07, 6.45) is 0.835. The Morgan fingerprint density at radius 2 is 2.16 bits per heavy atom. The van der Waals surface area contributed by atoms with E-state index in [1.807, 2.05) is 13.8 Å². The van der Waals surface area contributed by atoms with Crippen molar-refractivity contribution in [3.05, 3.63) is 39.9 Å². The number of nitrogens with one attached hydrogen (secondary N) is 1. The monoisotopic (exact) mass is 278 g/mol. The quantitative estimate of drug-likeness (QED) is 0.867. The van der Waals surface area contributed by atoms with Gasteiger partial charge in [0.2, 0.25) is 0 Å². The lowest BCUT2D eigenvalue weighted by molar-refractivity contribution is 0.386. The van der Waals surface area contributed by atoms with Crippen LogP contribution >= 0.6 is 12.2 Å². The Bertz CT molecular complexity index is 667. The van der Waals surface area contributed by atoms with Crippen molar-refractivity contribution in [2.75, 3.05) is 7.11 Å². The average Bonchev–Trinajstić information content (AvgIpc) is 2.39. The number of rotatable bonds is 3. The van der Waals surface area contributed by atoms with E-state index in [4.69, 9.17) is 17.0 Å². The summed E-state index contributed by atoms with van der Waals surface area (Å²) >= 11 is 5.28. The lowest BCUT2D eigenvalue weighted by Gasteiger charge is -2.09. The molecule has 0 radical (unpaired) electrons. The van der Waals surface area contributed by atoms with Crippen molar-refractivity contribution in [2.45, 2.75) is 20.3 Å². The molecule has 1 N–H and O–H groups in total. The number of hydrogen-bond donors (Lipinski definition) is 1. The van der Waals surface area contributed by atoms with Gasteiger partial charge in [-0.05, 0) is 31.5 Å². The van der Waals surface area contributed by atoms with Crippen LogP contribution in [0, 0.1) is 17.4 Å². The van der Waals surface area contributed by atoms with E-state index < -0.39 is 5.82 Å². The molecule has 1 heterocycles. The number of aromatic nitrogens is 2. The number of hydrogen-bond acceptors (Lipinski definition) is 3. The number of halogens is 1. The number of H-pyrrole nitrogens is 1. The Morgan fingerprint density at radius 3 is 2.74 bits per heavy atom. The Hall–Kier alpha value is -1.75. The smallest absolute Gasteiger partial charge is 0.165 e. The van der Waals surface area contributed by atoms with Crippen LogP contribution in [0.15, 0.2) is 18.2 Å². The van der Waals surface area contributed by atoms with E-state index in [9.17, 15) is 4.39 Å². The highest BCUT2D eigenvalue weighted by molar-refractivity contribution is 7.71. The van der Waals surface area contributed by atoms with Gasteiger partial charge in [0.25, 0.3) is 0 Å². The summed E-state index contributed by atoms with van der Waals surface area (Å²) in [4.78, 5) is 7.56. The second-order valence-electron chi connectivity index (χ2n) is 4.20. The van der Waals surface area contributed by atoms with Gasteiger partial charge in [-0.25, -0.2) is 9.37 Å². The molecule has 0 aliphatic carbocycles. The van der Waals surface area contributed by atoms with E-state index in [2.05, 4.69) is 9.97 Å². The highest BCUT2D eigenvalue weighted by Gasteiger charge is 2.09. The highest BCUT2D eigenvalue weighted by Crippen LogP contribution is 2.24. The van der Waals surface area contributed by atoms with Gasteiger partial charge in [-0.3, -0.25) is 0 Å². The summed E-state index contributed by atoms with van der Waals surface area (Å²) < 4.78 is 18.9. The van der Waals surface area contributed by atoms with E-state index in [1.165, 1.54) is 13.2 Å². The molecule has 0 amide bonds. The fourth-order valence-electron chi connectivity index (χ4n) is 1.97. The first-order chi connectivity index (χ1) is 9.06. The van der Waals surface area contributed by atoms with Crippen LogP contribution < -0.4 is 4.74 Å². The number of benzene rings is 1. The Morgan fingerprint density at radius 1 is 1.42 bits per heavy atom. The number of aryl methyl sites for hydroxylation is 1. The summed E-state index contributed by atoms with van der Waals surface area (Å²) in [6.45, 7) is 3.99. The lowest BCUT2D eigenvalue weighted by Crippen LogP contribution is -1.99. The molecule has 2 aromatic rings. The summed E-state index contributed by atoms with van der Waals surface area (Å²) in [7, 11) is 1.43. The molecule has 0 spiro atoms. The van der Waals surface area contributed by atoms with E-state index in [0.717, 1.165) is 23.2 Å². The van der Waals surface area contributed by atoms with Crippen LogP contribution in [0.5, 0.6) is 5.75 Å². The minimum absolute atomic E-state index is 0.191. The molecule has 0 saturated carbocycles. The van der Waals surface area contributed by atoms with Crippen LogP contribution in [0.3, 0.4) is 0 Å². The first-order valence-electron chi connectivity index (χ1n) is 6.00. The molecule has 100 valence electrons. The minimum Gasteiger partial charge on any atom is -0.494 e. The Kier molecular flexibility index (Phi) is 3.95. The van der Waals surface area contributed by atoms with Gasteiger partial charge < -0.3 is 9.72 Å². The standard InChI is InChI=1S/C14H15FN2OS/c1-4-10-8(2)16-13(17-14(10)19)9-5-6-11(15)12(7-9)18-3/h5-7H,4H2,1-3H3,(H,16,17,19). The van der Waals surface area contributed by atoms with E-state index >= 15 is 0 Å². The van der Waals surface area contributed by atoms with Gasteiger partial charge in [0.15, 0.2) is 11.6 Å². The largest absolute Gasteiger partial charge is 0.494 e. The van der Waals surface area contributed by atoms with Crippen molar-refractivity contribution < 1.29 is 9.13 Å². The molecule has 0 aliphatic rings. The van der Waals surface area contributed by atoms with Gasteiger partial charge in [-0.2, -0.15) is 0 Å². The zero-order chi connectivity index (χ0) is 14.0. The fraction of sp³-hybridized carbons (Fsp3) is 0.286. The maximum absolute atomic E-state index is 13.4. The number of nitrogens with zero attached hydrogens (tertiary/aromatic N) is 1. The van der Waals surface area contributed by atoms with Gasteiger partial charge in [0, 0.05) is 16.8 Å². The molecule has 0 bridgehead atoms. The van der Waals surface area contributed by atoms with Crippen molar-refractivity contribution in [1.82, 2.24) is 9.97 Å². The third-order valence-corrected chi connectivity index (χ3v) is 3.35. The maximum Gasteiger partial charge on any atom is 0.165 e. The third kappa shape index (κ3) is 2.66. The van der Waals surface area contributed by atoms with Crippen molar-refractivity contribution in [3.8, 4) is 17.1 Å². The first kappa shape index (κ1) is 13.7. The van der Waals surface area contributed by atoms with E-state index in [0.29, 0.717) is 10.5 Å². The molecular weight excluding hydrogens is 263 g/mol. The molecule has 1 aromatic carbocycles. The number of aromatic amines is 1. The third-order valence-electron chi connectivity index (χ3n) is 3.01. The Balaban J connectivity index is 2.56. The molecule has 1 aromatic heterocycles. The predicted octanol–water partition coefficient (Wildman–Crippen LogP) is 3.82. The molecule has 0 fully saturated rings. The van der Waals surface area contributed by atoms with Crippen LogP contribution in [-0.2, 0) is 6.42 Å². The maximum atomic E-state index is 13.4. The highest BCUT2D eigenvalue weighted by atomic mass is 32.1. The topological polar surface area (TPSA) is 37.9 Å². The van der Waals surface area contributed by atoms with Gasteiger partial charge >= 0.3 is 0 Å². The lowest BCUT2D eigenvalue weighted by atomic mass is 10.1. The molecule has 3 nitrogen and oxygen atoms in total. The SMILES string of the molecule is CCc1c(C)[nH]c(-c2ccc(F)c(OC)c2)nc1=S. The van der Waals surface area contributed by atoms with Gasteiger partial charge in [0.1, 0.15) is 10.5 Å². The molecular formula is C14H15FN2OS. The molecule has 5 heteroatoms. The molecule has 19 heavy (non-hydrogen) atoms. The molecule has 0 aliphatic heterocycles. The molecule has 0 unspecified atom stereocenters.